The third-order valence-corrected chi connectivity index (χ3v) is 6.13. The molecule has 0 atom stereocenters. The summed E-state index contributed by atoms with van der Waals surface area (Å²) in [6.07, 6.45) is 2.57. The van der Waals surface area contributed by atoms with E-state index in [0.717, 1.165) is 56.8 Å². The Morgan fingerprint density at radius 3 is 2.81 bits per heavy atom. The van der Waals surface area contributed by atoms with Crippen molar-refractivity contribution in [1.29, 1.82) is 0 Å². The predicted octanol–water partition coefficient (Wildman–Crippen LogP) is 4.47. The Hall–Kier alpha value is -1.79. The predicted molar refractivity (Wildman–Crippen MR) is 111 cm³/mol. The summed E-state index contributed by atoms with van der Waals surface area (Å²) >= 11 is 1.48. The SMILES string of the molecule is CCCc1nc2c(sc3nc4c(cc32)COC(C)(C)C4)c(=O)n1CC(C)C. The Kier molecular flexibility index (Phi) is 4.59. The molecule has 0 N–H and O–H groups in total. The molecule has 4 heterocycles. The van der Waals surface area contributed by atoms with Crippen LogP contribution in [0.1, 0.15) is 58.1 Å². The van der Waals surface area contributed by atoms with Crippen molar-refractivity contribution >= 4 is 31.8 Å². The fourth-order valence-corrected chi connectivity index (χ4v) is 4.81. The normalized spacial score (nSPS) is 16.4. The lowest BCUT2D eigenvalue weighted by Gasteiger charge is -2.30. The van der Waals surface area contributed by atoms with Crippen molar-refractivity contribution < 1.29 is 4.74 Å². The summed E-state index contributed by atoms with van der Waals surface area (Å²) in [5.41, 5.74) is 2.90. The van der Waals surface area contributed by atoms with Gasteiger partial charge in [-0.15, -0.1) is 11.3 Å². The number of aryl methyl sites for hydroxylation is 1. The van der Waals surface area contributed by atoms with Gasteiger partial charge in [0.15, 0.2) is 0 Å². The van der Waals surface area contributed by atoms with Crippen molar-refractivity contribution in [3.63, 3.8) is 0 Å². The van der Waals surface area contributed by atoms with Gasteiger partial charge < -0.3 is 4.74 Å². The average molecular weight is 386 g/mol. The van der Waals surface area contributed by atoms with Crippen molar-refractivity contribution in [3.8, 4) is 0 Å². The van der Waals surface area contributed by atoms with E-state index in [0.29, 0.717) is 19.1 Å². The highest BCUT2D eigenvalue weighted by atomic mass is 32.1. The van der Waals surface area contributed by atoms with Crippen molar-refractivity contribution in [1.82, 2.24) is 14.5 Å². The summed E-state index contributed by atoms with van der Waals surface area (Å²) in [5.74, 6) is 1.29. The van der Waals surface area contributed by atoms with Crippen LogP contribution >= 0.6 is 11.3 Å². The highest BCUT2D eigenvalue weighted by Gasteiger charge is 2.28. The molecule has 27 heavy (non-hydrogen) atoms. The Labute approximate surface area is 163 Å². The van der Waals surface area contributed by atoms with Gasteiger partial charge in [-0.2, -0.15) is 0 Å². The zero-order valence-electron chi connectivity index (χ0n) is 16.8. The molecular formula is C21H27N3O2S. The molecule has 0 fully saturated rings. The van der Waals surface area contributed by atoms with Crippen LogP contribution in [-0.2, 0) is 30.7 Å². The van der Waals surface area contributed by atoms with Gasteiger partial charge in [-0.05, 0) is 32.3 Å². The number of thiophene rings is 1. The van der Waals surface area contributed by atoms with E-state index in [2.05, 4.69) is 40.7 Å². The van der Waals surface area contributed by atoms with Gasteiger partial charge in [-0.3, -0.25) is 9.36 Å². The van der Waals surface area contributed by atoms with Crippen LogP contribution in [0.25, 0.3) is 20.4 Å². The number of nitrogens with zero attached hydrogens (tertiary/aromatic N) is 3. The Balaban J connectivity index is 1.96. The number of fused-ring (bicyclic) bond motifs is 4. The number of hydrogen-bond acceptors (Lipinski definition) is 5. The van der Waals surface area contributed by atoms with E-state index in [9.17, 15) is 4.79 Å². The highest BCUT2D eigenvalue weighted by molar-refractivity contribution is 7.25. The minimum Gasteiger partial charge on any atom is -0.370 e. The van der Waals surface area contributed by atoms with Crippen LogP contribution in [0.5, 0.6) is 0 Å². The third-order valence-electron chi connectivity index (χ3n) is 5.05. The lowest BCUT2D eigenvalue weighted by molar-refractivity contribution is -0.0411. The molecule has 3 aromatic heterocycles. The first-order valence-corrected chi connectivity index (χ1v) is 10.6. The molecule has 0 bridgehead atoms. The largest absolute Gasteiger partial charge is 0.370 e. The van der Waals surface area contributed by atoms with E-state index in [1.165, 1.54) is 11.3 Å². The summed E-state index contributed by atoms with van der Waals surface area (Å²) in [6, 6.07) is 2.14. The van der Waals surface area contributed by atoms with Gasteiger partial charge in [0, 0.05) is 30.3 Å². The molecule has 4 rings (SSSR count). The van der Waals surface area contributed by atoms with Gasteiger partial charge in [0.1, 0.15) is 15.4 Å². The summed E-state index contributed by atoms with van der Waals surface area (Å²) in [5, 5.41) is 0.989. The van der Waals surface area contributed by atoms with E-state index >= 15 is 0 Å². The molecule has 144 valence electrons. The van der Waals surface area contributed by atoms with E-state index < -0.39 is 0 Å². The quantitative estimate of drug-likeness (QED) is 0.665. The third kappa shape index (κ3) is 3.29. The first-order valence-electron chi connectivity index (χ1n) is 9.77. The molecule has 0 amide bonds. The second-order valence-electron chi connectivity index (χ2n) is 8.54. The number of aromatic nitrogens is 3. The van der Waals surface area contributed by atoms with Crippen molar-refractivity contribution in [3.05, 3.63) is 33.5 Å². The highest BCUT2D eigenvalue weighted by Crippen LogP contribution is 2.35. The minimum absolute atomic E-state index is 0.0784. The Bertz CT molecular complexity index is 1080. The molecule has 0 radical (unpaired) electrons. The molecular weight excluding hydrogens is 358 g/mol. The molecule has 0 aromatic carbocycles. The first kappa shape index (κ1) is 18.6. The summed E-state index contributed by atoms with van der Waals surface area (Å²) in [6.45, 7) is 11.8. The van der Waals surface area contributed by atoms with Crippen molar-refractivity contribution in [2.45, 2.75) is 72.6 Å². The topological polar surface area (TPSA) is 57.0 Å². The van der Waals surface area contributed by atoms with Crippen LogP contribution in [-0.4, -0.2) is 20.1 Å². The van der Waals surface area contributed by atoms with Crippen LogP contribution in [0.15, 0.2) is 10.9 Å². The average Bonchev–Trinajstić information content (AvgIpc) is 2.93. The van der Waals surface area contributed by atoms with E-state index in [1.807, 2.05) is 4.57 Å². The molecule has 0 spiro atoms. The van der Waals surface area contributed by atoms with Crippen LogP contribution in [0, 0.1) is 5.92 Å². The van der Waals surface area contributed by atoms with Gasteiger partial charge >= 0.3 is 0 Å². The maximum absolute atomic E-state index is 13.2. The van der Waals surface area contributed by atoms with Crippen LogP contribution in [0.2, 0.25) is 0 Å². The number of ether oxygens (including phenoxy) is 1. The molecule has 0 saturated carbocycles. The van der Waals surface area contributed by atoms with Crippen LogP contribution in [0.3, 0.4) is 0 Å². The second kappa shape index (κ2) is 6.67. The molecule has 3 aromatic rings. The summed E-state index contributed by atoms with van der Waals surface area (Å²) in [4.78, 5) is 24.0. The van der Waals surface area contributed by atoms with E-state index in [1.54, 1.807) is 0 Å². The maximum Gasteiger partial charge on any atom is 0.271 e. The smallest absolute Gasteiger partial charge is 0.271 e. The van der Waals surface area contributed by atoms with E-state index in [-0.39, 0.29) is 11.2 Å². The minimum atomic E-state index is -0.194. The summed E-state index contributed by atoms with van der Waals surface area (Å²) in [7, 11) is 0. The second-order valence-corrected chi connectivity index (χ2v) is 9.54. The number of pyridine rings is 1. The molecule has 1 aliphatic rings. The fourth-order valence-electron chi connectivity index (χ4n) is 3.75. The van der Waals surface area contributed by atoms with Crippen LogP contribution < -0.4 is 5.56 Å². The van der Waals surface area contributed by atoms with E-state index in [4.69, 9.17) is 14.7 Å². The van der Waals surface area contributed by atoms with Crippen molar-refractivity contribution in [2.75, 3.05) is 0 Å². The molecule has 0 saturated heterocycles. The molecule has 0 unspecified atom stereocenters. The molecule has 5 nitrogen and oxygen atoms in total. The zero-order valence-corrected chi connectivity index (χ0v) is 17.6. The number of rotatable bonds is 4. The molecule has 0 aliphatic carbocycles. The number of hydrogen-bond donors (Lipinski definition) is 0. The van der Waals surface area contributed by atoms with Gasteiger partial charge in [0.25, 0.3) is 5.56 Å². The van der Waals surface area contributed by atoms with Crippen molar-refractivity contribution in [2.24, 2.45) is 5.92 Å². The van der Waals surface area contributed by atoms with Gasteiger partial charge in [0.05, 0.1) is 23.4 Å². The Morgan fingerprint density at radius 1 is 1.33 bits per heavy atom. The Morgan fingerprint density at radius 2 is 2.11 bits per heavy atom. The van der Waals surface area contributed by atoms with Gasteiger partial charge in [-0.25, -0.2) is 9.97 Å². The standard InChI is InChI=1S/C21H27N3O2S/c1-6-7-16-23-17-14-8-13-11-26-21(4,5)9-15(13)22-19(14)27-18(17)20(25)24(16)10-12(2)3/h8,12H,6-7,9-11H2,1-5H3. The fraction of sp³-hybridized carbons (Fsp3) is 0.571. The summed E-state index contributed by atoms with van der Waals surface area (Å²) < 4.78 is 8.55. The zero-order chi connectivity index (χ0) is 19.3. The van der Waals surface area contributed by atoms with Gasteiger partial charge in [-0.1, -0.05) is 20.8 Å². The van der Waals surface area contributed by atoms with Crippen LogP contribution in [0.4, 0.5) is 0 Å². The maximum atomic E-state index is 13.2. The lowest BCUT2D eigenvalue weighted by Crippen LogP contribution is -2.32. The molecule has 1 aliphatic heterocycles. The van der Waals surface area contributed by atoms with Gasteiger partial charge in [0.2, 0.25) is 0 Å². The lowest BCUT2D eigenvalue weighted by atomic mass is 9.95. The molecule has 6 heteroatoms. The first-order chi connectivity index (χ1) is 12.8. The monoisotopic (exact) mass is 385 g/mol.